The third-order valence-electron chi connectivity index (χ3n) is 5.85. The van der Waals surface area contributed by atoms with Gasteiger partial charge in [0.1, 0.15) is 5.82 Å². The summed E-state index contributed by atoms with van der Waals surface area (Å²) < 4.78 is 25.0. The first kappa shape index (κ1) is 23.1. The lowest BCUT2D eigenvalue weighted by molar-refractivity contribution is -0.0167. The normalized spacial score (nSPS) is 18.1. The molecule has 33 heavy (non-hydrogen) atoms. The Morgan fingerprint density at radius 1 is 0.970 bits per heavy atom. The number of hydrogen-bond donors (Lipinski definition) is 1. The van der Waals surface area contributed by atoms with Gasteiger partial charge in [-0.3, -0.25) is 9.78 Å². The molecule has 5 nitrogen and oxygen atoms in total. The van der Waals surface area contributed by atoms with E-state index < -0.39 is 0 Å². The highest BCUT2D eigenvalue weighted by Gasteiger charge is 2.23. The standard InChI is InChI=1S/C27H29FN2O3/c28-23-8-4-7-21(17-23)26-14-9-22(18-29-26)27(31)30-24-10-12-25(13-11-24)33-16-15-32-19-20-5-2-1-3-6-20/h1-9,14,17-18,24-25H,10-13,15-16,19H2,(H,30,31)/t24-,25-. The fourth-order valence-electron chi connectivity index (χ4n) is 4.03. The van der Waals surface area contributed by atoms with E-state index in [0.717, 1.165) is 31.2 Å². The predicted octanol–water partition coefficient (Wildman–Crippen LogP) is 5.16. The van der Waals surface area contributed by atoms with Gasteiger partial charge in [0.15, 0.2) is 0 Å². The van der Waals surface area contributed by atoms with Gasteiger partial charge in [0, 0.05) is 17.8 Å². The summed E-state index contributed by atoms with van der Waals surface area (Å²) in [4.78, 5) is 16.9. The summed E-state index contributed by atoms with van der Waals surface area (Å²) in [5, 5.41) is 3.10. The zero-order valence-corrected chi connectivity index (χ0v) is 18.6. The highest BCUT2D eigenvalue weighted by atomic mass is 19.1. The number of nitrogens with zero attached hydrogens (tertiary/aromatic N) is 1. The molecule has 172 valence electrons. The molecule has 2 aromatic carbocycles. The average Bonchev–Trinajstić information content (AvgIpc) is 2.85. The van der Waals surface area contributed by atoms with Crippen molar-refractivity contribution in [1.82, 2.24) is 10.3 Å². The third kappa shape index (κ3) is 6.94. The topological polar surface area (TPSA) is 60.5 Å². The van der Waals surface area contributed by atoms with Crippen LogP contribution < -0.4 is 5.32 Å². The fraction of sp³-hybridized carbons (Fsp3) is 0.333. The minimum atomic E-state index is -0.310. The second-order valence-corrected chi connectivity index (χ2v) is 8.30. The largest absolute Gasteiger partial charge is 0.376 e. The number of amides is 1. The van der Waals surface area contributed by atoms with Crippen LogP contribution in [-0.2, 0) is 16.1 Å². The van der Waals surface area contributed by atoms with Crippen LogP contribution in [0.5, 0.6) is 0 Å². The maximum atomic E-state index is 13.4. The van der Waals surface area contributed by atoms with E-state index in [-0.39, 0.29) is 23.9 Å². The predicted molar refractivity (Wildman–Crippen MR) is 125 cm³/mol. The van der Waals surface area contributed by atoms with E-state index in [1.165, 1.54) is 12.1 Å². The third-order valence-corrected chi connectivity index (χ3v) is 5.85. The molecule has 1 aliphatic carbocycles. The van der Waals surface area contributed by atoms with Crippen molar-refractivity contribution in [3.63, 3.8) is 0 Å². The Balaban J connectivity index is 1.15. The molecule has 1 N–H and O–H groups in total. The number of carbonyl (C=O) groups is 1. The molecule has 0 atom stereocenters. The fourth-order valence-corrected chi connectivity index (χ4v) is 4.03. The van der Waals surface area contributed by atoms with Crippen LogP contribution in [0.2, 0.25) is 0 Å². The van der Waals surface area contributed by atoms with Gasteiger partial charge in [-0.25, -0.2) is 4.39 Å². The smallest absolute Gasteiger partial charge is 0.253 e. The molecule has 3 aromatic rings. The second-order valence-electron chi connectivity index (χ2n) is 8.30. The number of aromatic nitrogens is 1. The molecule has 0 spiro atoms. The average molecular weight is 449 g/mol. The Hall–Kier alpha value is -3.09. The van der Waals surface area contributed by atoms with Gasteiger partial charge in [-0.2, -0.15) is 0 Å². The first-order valence-electron chi connectivity index (χ1n) is 11.4. The minimum Gasteiger partial charge on any atom is -0.376 e. The van der Waals surface area contributed by atoms with E-state index in [4.69, 9.17) is 9.47 Å². The first-order valence-corrected chi connectivity index (χ1v) is 11.4. The molecule has 6 heteroatoms. The van der Waals surface area contributed by atoms with Crippen molar-refractivity contribution in [2.45, 2.75) is 44.4 Å². The van der Waals surface area contributed by atoms with Gasteiger partial charge in [-0.15, -0.1) is 0 Å². The van der Waals surface area contributed by atoms with E-state index in [2.05, 4.69) is 10.3 Å². The number of ether oxygens (including phenoxy) is 2. The number of nitrogens with one attached hydrogen (secondary N) is 1. The zero-order valence-electron chi connectivity index (χ0n) is 18.6. The Bertz CT molecular complexity index is 1020. The van der Waals surface area contributed by atoms with Crippen LogP contribution in [0.1, 0.15) is 41.6 Å². The molecule has 0 unspecified atom stereocenters. The molecule has 1 aliphatic rings. The van der Waals surface area contributed by atoms with Crippen LogP contribution in [0.4, 0.5) is 4.39 Å². The van der Waals surface area contributed by atoms with Gasteiger partial charge in [-0.1, -0.05) is 42.5 Å². The molecule has 0 radical (unpaired) electrons. The van der Waals surface area contributed by atoms with Gasteiger partial charge in [-0.05, 0) is 55.5 Å². The van der Waals surface area contributed by atoms with E-state index in [9.17, 15) is 9.18 Å². The lowest BCUT2D eigenvalue weighted by Gasteiger charge is -2.29. The Kier molecular flexibility index (Phi) is 8.17. The molecular formula is C27H29FN2O3. The number of rotatable bonds is 9. The summed E-state index contributed by atoms with van der Waals surface area (Å²) >= 11 is 0. The van der Waals surface area contributed by atoms with E-state index in [1.807, 2.05) is 30.3 Å². The summed E-state index contributed by atoms with van der Waals surface area (Å²) in [6, 6.07) is 20.0. The molecule has 4 rings (SSSR count). The highest BCUT2D eigenvalue weighted by molar-refractivity contribution is 5.94. The lowest BCUT2D eigenvalue weighted by atomic mass is 9.92. The Morgan fingerprint density at radius 2 is 1.79 bits per heavy atom. The summed E-state index contributed by atoms with van der Waals surface area (Å²) in [6.07, 6.45) is 5.36. The van der Waals surface area contributed by atoms with Gasteiger partial charge in [0.05, 0.1) is 37.2 Å². The number of pyridine rings is 1. The van der Waals surface area contributed by atoms with Crippen LogP contribution in [0.15, 0.2) is 72.9 Å². The van der Waals surface area contributed by atoms with Crippen molar-refractivity contribution in [2.24, 2.45) is 0 Å². The molecule has 1 aromatic heterocycles. The van der Waals surface area contributed by atoms with Gasteiger partial charge in [0.2, 0.25) is 0 Å². The quantitative estimate of drug-likeness (QED) is 0.459. The number of hydrogen-bond acceptors (Lipinski definition) is 4. The van der Waals surface area contributed by atoms with Crippen LogP contribution in [0, 0.1) is 5.82 Å². The highest BCUT2D eigenvalue weighted by Crippen LogP contribution is 2.22. The van der Waals surface area contributed by atoms with Crippen LogP contribution in [0.25, 0.3) is 11.3 Å². The van der Waals surface area contributed by atoms with Crippen LogP contribution in [-0.4, -0.2) is 36.3 Å². The van der Waals surface area contributed by atoms with Crippen molar-refractivity contribution >= 4 is 5.91 Å². The lowest BCUT2D eigenvalue weighted by Crippen LogP contribution is -2.39. The molecule has 1 heterocycles. The molecule has 0 aliphatic heterocycles. The monoisotopic (exact) mass is 448 g/mol. The summed E-state index contributed by atoms with van der Waals surface area (Å²) in [6.45, 7) is 1.75. The van der Waals surface area contributed by atoms with Crippen LogP contribution >= 0.6 is 0 Å². The van der Waals surface area contributed by atoms with Crippen LogP contribution in [0.3, 0.4) is 0 Å². The number of benzene rings is 2. The van der Waals surface area contributed by atoms with Gasteiger partial charge >= 0.3 is 0 Å². The van der Waals surface area contributed by atoms with Gasteiger partial charge < -0.3 is 14.8 Å². The molecule has 0 saturated heterocycles. The number of halogens is 1. The van der Waals surface area contributed by atoms with Crippen molar-refractivity contribution < 1.29 is 18.7 Å². The SMILES string of the molecule is O=C(N[C@H]1CC[C@H](OCCOCc2ccccc2)CC1)c1ccc(-c2cccc(F)c2)nc1. The molecular weight excluding hydrogens is 419 g/mol. The maximum Gasteiger partial charge on any atom is 0.253 e. The minimum absolute atomic E-state index is 0.132. The summed E-state index contributed by atoms with van der Waals surface area (Å²) in [5.74, 6) is -0.442. The number of carbonyl (C=O) groups excluding carboxylic acids is 1. The second kappa shape index (κ2) is 11.7. The first-order chi connectivity index (χ1) is 16.2. The molecule has 0 bridgehead atoms. The Labute approximate surface area is 194 Å². The van der Waals surface area contributed by atoms with Crippen molar-refractivity contribution in [2.75, 3.05) is 13.2 Å². The van der Waals surface area contributed by atoms with Crippen molar-refractivity contribution in [1.29, 1.82) is 0 Å². The van der Waals surface area contributed by atoms with E-state index >= 15 is 0 Å². The van der Waals surface area contributed by atoms with Crippen molar-refractivity contribution in [3.8, 4) is 11.3 Å². The molecule has 1 amide bonds. The molecule has 1 saturated carbocycles. The molecule has 1 fully saturated rings. The maximum absolute atomic E-state index is 13.4. The Morgan fingerprint density at radius 3 is 2.52 bits per heavy atom. The van der Waals surface area contributed by atoms with Gasteiger partial charge in [0.25, 0.3) is 5.91 Å². The van der Waals surface area contributed by atoms with Crippen molar-refractivity contribution in [3.05, 3.63) is 89.9 Å². The summed E-state index contributed by atoms with van der Waals surface area (Å²) in [5.41, 5.74) is 2.99. The zero-order chi connectivity index (χ0) is 22.9. The van der Waals surface area contributed by atoms with E-state index in [1.54, 1.807) is 30.5 Å². The summed E-state index contributed by atoms with van der Waals surface area (Å²) in [7, 11) is 0. The van der Waals surface area contributed by atoms with E-state index in [0.29, 0.717) is 36.6 Å².